The number of ketones is 1. The van der Waals surface area contributed by atoms with Gasteiger partial charge in [0.25, 0.3) is 0 Å². The van der Waals surface area contributed by atoms with Crippen molar-refractivity contribution in [1.29, 1.82) is 0 Å². The van der Waals surface area contributed by atoms with Crippen molar-refractivity contribution in [2.24, 2.45) is 5.92 Å². The van der Waals surface area contributed by atoms with E-state index in [0.717, 1.165) is 30.4 Å². The molecule has 1 saturated carbocycles. The van der Waals surface area contributed by atoms with Crippen LogP contribution in [0.2, 0.25) is 0 Å². The molecule has 1 atom stereocenters. The molecular formula is C26H35NO. The van der Waals surface area contributed by atoms with Gasteiger partial charge in [0.15, 0.2) is 5.78 Å². The maximum absolute atomic E-state index is 14.3. The zero-order valence-electron chi connectivity index (χ0n) is 17.7. The fourth-order valence-corrected chi connectivity index (χ4v) is 4.75. The van der Waals surface area contributed by atoms with E-state index in [4.69, 9.17) is 0 Å². The summed E-state index contributed by atoms with van der Waals surface area (Å²) in [5, 5.41) is 0. The second-order valence-electron chi connectivity index (χ2n) is 8.71. The summed E-state index contributed by atoms with van der Waals surface area (Å²) in [6, 6.07) is 21.3. The Balaban J connectivity index is 2.15. The van der Waals surface area contributed by atoms with E-state index >= 15 is 0 Å². The molecule has 0 heterocycles. The number of rotatable bonds is 7. The van der Waals surface area contributed by atoms with E-state index < -0.39 is 5.41 Å². The second-order valence-corrected chi connectivity index (χ2v) is 8.71. The number of hydrogen-bond acceptors (Lipinski definition) is 2. The molecule has 2 aromatic rings. The minimum Gasteiger partial charge on any atom is -0.307 e. The van der Waals surface area contributed by atoms with Gasteiger partial charge in [-0.2, -0.15) is 0 Å². The van der Waals surface area contributed by atoms with Crippen LogP contribution in [-0.2, 0) is 10.2 Å². The lowest BCUT2D eigenvalue weighted by molar-refractivity contribution is -0.128. The van der Waals surface area contributed by atoms with Crippen molar-refractivity contribution < 1.29 is 4.79 Å². The molecule has 150 valence electrons. The van der Waals surface area contributed by atoms with Crippen molar-refractivity contribution in [3.63, 3.8) is 0 Å². The highest BCUT2D eigenvalue weighted by Gasteiger charge is 2.45. The van der Waals surface area contributed by atoms with Gasteiger partial charge >= 0.3 is 0 Å². The van der Waals surface area contributed by atoms with E-state index in [1.54, 1.807) is 0 Å². The molecule has 2 aromatic carbocycles. The zero-order valence-corrected chi connectivity index (χ0v) is 17.7. The summed E-state index contributed by atoms with van der Waals surface area (Å²) in [7, 11) is 4.23. The van der Waals surface area contributed by atoms with Crippen LogP contribution in [0.4, 0.5) is 0 Å². The molecule has 0 aliphatic heterocycles. The number of benzene rings is 2. The van der Waals surface area contributed by atoms with Crippen LogP contribution in [0.25, 0.3) is 0 Å². The number of carbonyl (C=O) groups excluding carboxylic acids is 1. The Morgan fingerprint density at radius 1 is 0.893 bits per heavy atom. The summed E-state index contributed by atoms with van der Waals surface area (Å²) < 4.78 is 0. The van der Waals surface area contributed by atoms with Crippen LogP contribution in [0.3, 0.4) is 0 Å². The number of nitrogens with zero attached hydrogens (tertiary/aromatic N) is 1. The van der Waals surface area contributed by atoms with Gasteiger partial charge in [-0.1, -0.05) is 86.3 Å². The highest BCUT2D eigenvalue weighted by molar-refractivity contribution is 5.95. The summed E-state index contributed by atoms with van der Waals surface area (Å²) >= 11 is 0. The average molecular weight is 378 g/mol. The highest BCUT2D eigenvalue weighted by Crippen LogP contribution is 2.42. The topological polar surface area (TPSA) is 20.3 Å². The Morgan fingerprint density at radius 3 is 1.79 bits per heavy atom. The number of carbonyl (C=O) groups is 1. The van der Waals surface area contributed by atoms with E-state index in [0.29, 0.717) is 11.8 Å². The third-order valence-corrected chi connectivity index (χ3v) is 6.66. The summed E-state index contributed by atoms with van der Waals surface area (Å²) in [6.07, 6.45) is 7.78. The van der Waals surface area contributed by atoms with Crippen molar-refractivity contribution in [3.05, 3.63) is 71.8 Å². The standard InChI is InChI=1S/C26H35NO/c1-21(27(2)3)20-26(23-16-10-6-11-17-23,24-18-12-7-13-19-24)25(28)22-14-8-4-5-9-15-22/h6-7,10-13,16-19,21-22H,4-5,8-9,14-15,20H2,1-3H3/t21-/m0/s1. The van der Waals surface area contributed by atoms with Crippen LogP contribution in [0, 0.1) is 5.92 Å². The first kappa shape index (κ1) is 20.8. The van der Waals surface area contributed by atoms with Gasteiger partial charge in [-0.25, -0.2) is 0 Å². The lowest BCUT2D eigenvalue weighted by Gasteiger charge is -2.40. The average Bonchev–Trinajstić information content (AvgIpc) is 3.02. The molecule has 3 rings (SSSR count). The van der Waals surface area contributed by atoms with Crippen molar-refractivity contribution in [2.75, 3.05) is 14.1 Å². The normalized spacial score (nSPS) is 17.3. The first-order valence-corrected chi connectivity index (χ1v) is 10.9. The molecular weight excluding hydrogens is 342 g/mol. The zero-order chi connectivity index (χ0) is 20.0. The summed E-state index contributed by atoms with van der Waals surface area (Å²) in [6.45, 7) is 2.24. The Hall–Kier alpha value is -1.93. The highest BCUT2D eigenvalue weighted by atomic mass is 16.1. The maximum atomic E-state index is 14.3. The van der Waals surface area contributed by atoms with Crippen LogP contribution in [0.15, 0.2) is 60.7 Å². The van der Waals surface area contributed by atoms with Crippen LogP contribution in [-0.4, -0.2) is 30.8 Å². The minimum atomic E-state index is -0.582. The third kappa shape index (κ3) is 4.38. The largest absolute Gasteiger partial charge is 0.307 e. The molecule has 0 aromatic heterocycles. The summed E-state index contributed by atoms with van der Waals surface area (Å²) in [5.74, 6) is 0.595. The number of hydrogen-bond donors (Lipinski definition) is 0. The summed E-state index contributed by atoms with van der Waals surface area (Å²) in [4.78, 5) is 16.6. The Labute approximate surface area is 171 Å². The molecule has 0 spiro atoms. The molecule has 0 saturated heterocycles. The molecule has 0 bridgehead atoms. The smallest absolute Gasteiger partial charge is 0.150 e. The van der Waals surface area contributed by atoms with Gasteiger partial charge in [0.05, 0.1) is 5.41 Å². The van der Waals surface area contributed by atoms with Crippen molar-refractivity contribution in [3.8, 4) is 0 Å². The molecule has 1 aliphatic carbocycles. The quantitative estimate of drug-likeness (QED) is 0.564. The minimum absolute atomic E-state index is 0.164. The van der Waals surface area contributed by atoms with E-state index in [1.807, 2.05) is 12.1 Å². The van der Waals surface area contributed by atoms with Gasteiger partial charge in [-0.05, 0) is 51.4 Å². The Bertz CT molecular complexity index is 690. The van der Waals surface area contributed by atoms with Crippen LogP contribution >= 0.6 is 0 Å². The molecule has 2 heteroatoms. The fraction of sp³-hybridized carbons (Fsp3) is 0.500. The maximum Gasteiger partial charge on any atom is 0.150 e. The predicted molar refractivity (Wildman–Crippen MR) is 118 cm³/mol. The van der Waals surface area contributed by atoms with Gasteiger partial charge in [-0.3, -0.25) is 4.79 Å². The second kappa shape index (κ2) is 9.52. The monoisotopic (exact) mass is 377 g/mol. The van der Waals surface area contributed by atoms with Crippen molar-refractivity contribution in [1.82, 2.24) is 4.90 Å². The van der Waals surface area contributed by atoms with Crippen LogP contribution in [0.1, 0.15) is 63.0 Å². The van der Waals surface area contributed by atoms with Gasteiger partial charge in [0.1, 0.15) is 0 Å². The fourth-order valence-electron chi connectivity index (χ4n) is 4.75. The molecule has 2 nitrogen and oxygen atoms in total. The van der Waals surface area contributed by atoms with E-state index in [2.05, 4.69) is 74.4 Å². The van der Waals surface area contributed by atoms with Gasteiger partial charge < -0.3 is 4.90 Å². The molecule has 0 N–H and O–H groups in total. The van der Waals surface area contributed by atoms with Crippen molar-refractivity contribution >= 4 is 5.78 Å². The third-order valence-electron chi connectivity index (χ3n) is 6.66. The molecule has 0 unspecified atom stereocenters. The first-order valence-electron chi connectivity index (χ1n) is 10.9. The van der Waals surface area contributed by atoms with Crippen LogP contribution < -0.4 is 0 Å². The molecule has 1 aliphatic rings. The summed E-state index contributed by atoms with van der Waals surface area (Å²) in [5.41, 5.74) is 1.70. The lowest BCUT2D eigenvalue weighted by atomic mass is 9.64. The molecule has 0 radical (unpaired) electrons. The SMILES string of the molecule is C[C@@H](CC(C(=O)C1CCCCCC1)(c1ccccc1)c1ccccc1)N(C)C. The van der Waals surface area contributed by atoms with E-state index in [9.17, 15) is 4.79 Å². The molecule has 28 heavy (non-hydrogen) atoms. The Kier molecular flexibility index (Phi) is 7.07. The predicted octanol–water partition coefficient (Wildman–Crippen LogP) is 5.85. The van der Waals surface area contributed by atoms with Gasteiger partial charge in [0.2, 0.25) is 0 Å². The van der Waals surface area contributed by atoms with Gasteiger partial charge in [-0.15, -0.1) is 0 Å². The van der Waals surface area contributed by atoms with E-state index in [-0.39, 0.29) is 5.92 Å². The Morgan fingerprint density at radius 2 is 1.36 bits per heavy atom. The number of Topliss-reactive ketones (excluding diaryl/α,β-unsaturated/α-hetero) is 1. The lowest BCUT2D eigenvalue weighted by Crippen LogP contribution is -2.45. The molecule has 0 amide bonds. The van der Waals surface area contributed by atoms with Gasteiger partial charge in [0, 0.05) is 12.0 Å². The molecule has 1 fully saturated rings. The van der Waals surface area contributed by atoms with E-state index in [1.165, 1.54) is 25.7 Å². The first-order chi connectivity index (χ1) is 13.6. The van der Waals surface area contributed by atoms with Crippen molar-refractivity contribution in [2.45, 2.75) is 63.3 Å². The van der Waals surface area contributed by atoms with Crippen LogP contribution in [0.5, 0.6) is 0 Å².